The summed E-state index contributed by atoms with van der Waals surface area (Å²) < 4.78 is 9.98. The summed E-state index contributed by atoms with van der Waals surface area (Å²) in [5, 5.41) is 2.32. The number of hydrogen-bond donors (Lipinski definition) is 2. The summed E-state index contributed by atoms with van der Waals surface area (Å²) in [5.41, 5.74) is 5.44. The molecule has 0 aromatic heterocycles. The lowest BCUT2D eigenvalue weighted by Crippen LogP contribution is -2.45. The zero-order valence-corrected chi connectivity index (χ0v) is 13.9. The van der Waals surface area contributed by atoms with Crippen molar-refractivity contribution in [3.05, 3.63) is 29.8 Å². The van der Waals surface area contributed by atoms with Crippen molar-refractivity contribution in [2.45, 2.75) is 12.5 Å². The molecule has 0 saturated carbocycles. The number of ether oxygens (including phenoxy) is 2. The van der Waals surface area contributed by atoms with Gasteiger partial charge in [0, 0.05) is 5.56 Å². The largest absolute Gasteiger partial charge is 0.497 e. The van der Waals surface area contributed by atoms with Gasteiger partial charge >= 0.3 is 12.0 Å². The number of nitrogens with two attached hydrogens (primary N) is 1. The predicted octanol–water partition coefficient (Wildman–Crippen LogP) is 1.21. The molecule has 7 nitrogen and oxygen atoms in total. The monoisotopic (exact) mass is 340 g/mol. The van der Waals surface area contributed by atoms with Gasteiger partial charge in [-0.25, -0.2) is 9.59 Å². The molecular formula is C15H20N2O5S. The Bertz CT molecular complexity index is 547. The third kappa shape index (κ3) is 6.60. The van der Waals surface area contributed by atoms with Gasteiger partial charge in [-0.3, -0.25) is 4.79 Å². The minimum Gasteiger partial charge on any atom is -0.497 e. The Balaban J connectivity index is 2.56. The highest BCUT2D eigenvalue weighted by Crippen LogP contribution is 2.12. The quantitative estimate of drug-likeness (QED) is 0.517. The molecule has 0 aliphatic heterocycles. The van der Waals surface area contributed by atoms with Gasteiger partial charge in [-0.2, -0.15) is 11.8 Å². The lowest BCUT2D eigenvalue weighted by atomic mass is 10.1. The summed E-state index contributed by atoms with van der Waals surface area (Å²) in [6.07, 6.45) is 2.25. The smallest absolute Gasteiger partial charge is 0.329 e. The molecule has 3 N–H and O–H groups in total. The highest BCUT2D eigenvalue weighted by molar-refractivity contribution is 7.98. The number of thioether (sulfide) groups is 1. The Morgan fingerprint density at radius 1 is 1.26 bits per heavy atom. The van der Waals surface area contributed by atoms with E-state index in [0.717, 1.165) is 0 Å². The molecule has 0 unspecified atom stereocenters. The van der Waals surface area contributed by atoms with Gasteiger partial charge in [-0.15, -0.1) is 0 Å². The first-order chi connectivity index (χ1) is 11.0. The highest BCUT2D eigenvalue weighted by Gasteiger charge is 2.22. The van der Waals surface area contributed by atoms with Crippen molar-refractivity contribution in [1.82, 2.24) is 5.32 Å². The summed E-state index contributed by atoms with van der Waals surface area (Å²) in [6, 6.07) is 4.79. The fourth-order valence-corrected chi connectivity index (χ4v) is 2.23. The minimum absolute atomic E-state index is 0.344. The van der Waals surface area contributed by atoms with Crippen LogP contribution in [-0.4, -0.2) is 49.6 Å². The van der Waals surface area contributed by atoms with Gasteiger partial charge in [0.25, 0.3) is 0 Å². The van der Waals surface area contributed by atoms with Crippen LogP contribution in [0.1, 0.15) is 16.8 Å². The van der Waals surface area contributed by atoms with Crippen molar-refractivity contribution >= 4 is 29.5 Å². The van der Waals surface area contributed by atoms with Crippen molar-refractivity contribution < 1.29 is 23.9 Å². The van der Waals surface area contributed by atoms with Crippen LogP contribution in [0.2, 0.25) is 0 Å². The van der Waals surface area contributed by atoms with Crippen molar-refractivity contribution in [3.8, 4) is 5.75 Å². The molecule has 1 rings (SSSR count). The van der Waals surface area contributed by atoms with Crippen LogP contribution in [0.3, 0.4) is 0 Å². The predicted molar refractivity (Wildman–Crippen MR) is 87.8 cm³/mol. The normalized spacial score (nSPS) is 11.4. The zero-order chi connectivity index (χ0) is 17.2. The second-order valence-corrected chi connectivity index (χ2v) is 5.59. The lowest BCUT2D eigenvalue weighted by Gasteiger charge is -2.15. The van der Waals surface area contributed by atoms with Gasteiger partial charge in [0.15, 0.2) is 12.4 Å². The van der Waals surface area contributed by atoms with E-state index in [0.29, 0.717) is 23.5 Å². The van der Waals surface area contributed by atoms with Gasteiger partial charge < -0.3 is 20.5 Å². The van der Waals surface area contributed by atoms with Crippen molar-refractivity contribution in [1.29, 1.82) is 0 Å². The number of rotatable bonds is 9. The molecule has 0 saturated heterocycles. The van der Waals surface area contributed by atoms with Gasteiger partial charge in [0.05, 0.1) is 7.11 Å². The van der Waals surface area contributed by atoms with Crippen LogP contribution in [0.4, 0.5) is 4.79 Å². The molecule has 0 spiro atoms. The molecule has 1 aromatic rings. The number of hydrogen-bond acceptors (Lipinski definition) is 6. The number of nitrogens with one attached hydrogen (secondary N) is 1. The first kappa shape index (κ1) is 18.8. The number of amides is 2. The second kappa shape index (κ2) is 9.73. The first-order valence-corrected chi connectivity index (χ1v) is 8.26. The number of esters is 1. The molecule has 0 bridgehead atoms. The van der Waals surface area contributed by atoms with E-state index in [2.05, 4.69) is 5.32 Å². The molecule has 0 fully saturated rings. The van der Waals surface area contributed by atoms with E-state index in [1.54, 1.807) is 24.3 Å². The molecule has 2 amide bonds. The summed E-state index contributed by atoms with van der Waals surface area (Å²) in [4.78, 5) is 34.8. The van der Waals surface area contributed by atoms with Crippen LogP contribution in [-0.2, 0) is 9.53 Å². The van der Waals surface area contributed by atoms with E-state index in [-0.39, 0.29) is 5.78 Å². The number of carbonyl (C=O) groups excluding carboxylic acids is 3. The molecule has 0 aliphatic carbocycles. The standard InChI is InChI=1S/C15H20N2O5S/c1-21-11-5-3-10(4-6-11)13(18)9-22-14(19)12(7-8-23-2)17-15(16)20/h3-6,12H,7-9H2,1-2H3,(H3,16,17,20)/t12-/m1/s1. The maximum absolute atomic E-state index is 12.0. The Hall–Kier alpha value is -2.22. The summed E-state index contributed by atoms with van der Waals surface area (Å²) >= 11 is 1.52. The van der Waals surface area contributed by atoms with Crippen LogP contribution >= 0.6 is 11.8 Å². The second-order valence-electron chi connectivity index (χ2n) is 4.60. The van der Waals surface area contributed by atoms with E-state index < -0.39 is 24.6 Å². The van der Waals surface area contributed by atoms with Gasteiger partial charge in [0.2, 0.25) is 0 Å². The third-order valence-corrected chi connectivity index (χ3v) is 3.61. The SMILES string of the molecule is COc1ccc(C(=O)COC(=O)[C@@H](CCSC)NC(N)=O)cc1. The molecule has 8 heteroatoms. The molecular weight excluding hydrogens is 320 g/mol. The van der Waals surface area contributed by atoms with Crippen molar-refractivity contribution in [2.75, 3.05) is 25.7 Å². The number of methoxy groups -OCH3 is 1. The topological polar surface area (TPSA) is 108 Å². The number of primary amides is 1. The minimum atomic E-state index is -0.858. The number of ketones is 1. The van der Waals surface area contributed by atoms with Gasteiger partial charge in [0.1, 0.15) is 11.8 Å². The average Bonchev–Trinajstić information content (AvgIpc) is 2.55. The molecule has 1 atom stereocenters. The summed E-state index contributed by atoms with van der Waals surface area (Å²) in [7, 11) is 1.53. The van der Waals surface area contributed by atoms with Gasteiger partial charge in [-0.1, -0.05) is 0 Å². The fraction of sp³-hybridized carbons (Fsp3) is 0.400. The maximum Gasteiger partial charge on any atom is 0.329 e. The Labute approximate surface area is 138 Å². The molecule has 1 aromatic carbocycles. The number of benzene rings is 1. The Morgan fingerprint density at radius 2 is 1.91 bits per heavy atom. The van der Waals surface area contributed by atoms with E-state index in [4.69, 9.17) is 15.2 Å². The Kier molecular flexibility index (Phi) is 7.96. The maximum atomic E-state index is 12.0. The van der Waals surface area contributed by atoms with E-state index in [9.17, 15) is 14.4 Å². The molecule has 0 aliphatic rings. The van der Waals surface area contributed by atoms with Crippen molar-refractivity contribution in [2.24, 2.45) is 5.73 Å². The van der Waals surface area contributed by atoms with E-state index in [1.807, 2.05) is 6.26 Å². The molecule has 23 heavy (non-hydrogen) atoms. The van der Waals surface area contributed by atoms with Crippen molar-refractivity contribution in [3.63, 3.8) is 0 Å². The Morgan fingerprint density at radius 3 is 2.43 bits per heavy atom. The average molecular weight is 340 g/mol. The first-order valence-electron chi connectivity index (χ1n) is 6.86. The summed E-state index contributed by atoms with van der Waals surface area (Å²) in [5.74, 6) is 0.247. The van der Waals surface area contributed by atoms with E-state index in [1.165, 1.54) is 18.9 Å². The number of Topliss-reactive ketones (excluding diaryl/α,β-unsaturated/α-hetero) is 1. The zero-order valence-electron chi connectivity index (χ0n) is 13.0. The molecule has 0 radical (unpaired) electrons. The van der Waals surface area contributed by atoms with Gasteiger partial charge in [-0.05, 0) is 42.7 Å². The number of urea groups is 1. The van der Waals surface area contributed by atoms with E-state index >= 15 is 0 Å². The third-order valence-electron chi connectivity index (χ3n) is 2.97. The highest BCUT2D eigenvalue weighted by atomic mass is 32.2. The molecule has 0 heterocycles. The molecule has 126 valence electrons. The van der Waals surface area contributed by atoms with Crippen LogP contribution in [0.15, 0.2) is 24.3 Å². The summed E-state index contributed by atoms with van der Waals surface area (Å²) in [6.45, 7) is -0.401. The van der Waals surface area contributed by atoms with Crippen LogP contribution < -0.4 is 15.8 Å². The van der Waals surface area contributed by atoms with Crippen LogP contribution in [0.25, 0.3) is 0 Å². The fourth-order valence-electron chi connectivity index (χ4n) is 1.75. The van der Waals surface area contributed by atoms with Crippen LogP contribution in [0.5, 0.6) is 5.75 Å². The van der Waals surface area contributed by atoms with Crippen LogP contribution in [0, 0.1) is 0 Å². The number of carbonyl (C=O) groups is 3. The lowest BCUT2D eigenvalue weighted by molar-refractivity contribution is -0.144.